The lowest BCUT2D eigenvalue weighted by Gasteiger charge is -2.18. The number of aliphatic hydroxyl groups excluding tert-OH is 1. The number of aryl methyl sites for hydroxylation is 1. The molecule has 1 amide bonds. The van der Waals surface area contributed by atoms with E-state index in [1.54, 1.807) is 0 Å². The molecule has 22 heavy (non-hydrogen) atoms. The largest absolute Gasteiger partial charge is 0.384 e. The van der Waals surface area contributed by atoms with Gasteiger partial charge in [-0.1, -0.05) is 31.2 Å². The van der Waals surface area contributed by atoms with E-state index in [1.807, 2.05) is 31.2 Å². The molecule has 1 atom stereocenters. The Balaban J connectivity index is 2.43. The first-order valence-corrected chi connectivity index (χ1v) is 9.91. The van der Waals surface area contributed by atoms with Crippen LogP contribution in [-0.4, -0.2) is 53.5 Å². The third-order valence-corrected chi connectivity index (χ3v) is 4.96. The first kappa shape index (κ1) is 18.8. The summed E-state index contributed by atoms with van der Waals surface area (Å²) in [6.45, 7) is 5.05. The van der Waals surface area contributed by atoms with Crippen molar-refractivity contribution in [1.82, 2.24) is 10.4 Å². The second kappa shape index (κ2) is 8.44. The molecular weight excluding hydrogens is 303 g/mol. The second-order valence-electron chi connectivity index (χ2n) is 5.67. The minimum atomic E-state index is -2.60. The van der Waals surface area contributed by atoms with Crippen molar-refractivity contribution in [2.24, 2.45) is 0 Å². The molecule has 0 radical (unpaired) electrons. The lowest BCUT2D eigenvalue weighted by molar-refractivity contribution is -0.166. The van der Waals surface area contributed by atoms with Crippen molar-refractivity contribution in [3.63, 3.8) is 0 Å². The molecule has 0 spiro atoms. The van der Waals surface area contributed by atoms with Crippen molar-refractivity contribution in [2.45, 2.75) is 25.7 Å². The predicted molar refractivity (Wildman–Crippen MR) is 86.5 cm³/mol. The van der Waals surface area contributed by atoms with Gasteiger partial charge < -0.3 is 15.0 Å². The molecule has 0 saturated heterocycles. The van der Waals surface area contributed by atoms with Gasteiger partial charge in [-0.25, -0.2) is 5.06 Å². The number of hydroxylamine groups is 2. The standard InChI is InChI=1S/C15H25N2O4P/c1-4-12-6-5-7-13(8-12)11-17(20)14(18)9-16-10-15(19)22(2,3)21/h5-8,15-16,19-20H,4,9-11H2,1-3H3. The van der Waals surface area contributed by atoms with Gasteiger partial charge in [-0.3, -0.25) is 10.0 Å². The van der Waals surface area contributed by atoms with E-state index in [1.165, 1.54) is 13.3 Å². The molecule has 0 aromatic heterocycles. The van der Waals surface area contributed by atoms with Gasteiger partial charge in [0.15, 0.2) is 0 Å². The highest BCUT2D eigenvalue weighted by Gasteiger charge is 2.20. The maximum atomic E-state index is 11.8. The van der Waals surface area contributed by atoms with Crippen LogP contribution in [0.15, 0.2) is 24.3 Å². The lowest BCUT2D eigenvalue weighted by Crippen LogP contribution is -2.38. The van der Waals surface area contributed by atoms with Crippen LogP contribution in [-0.2, 0) is 22.3 Å². The highest BCUT2D eigenvalue weighted by Crippen LogP contribution is 2.40. The Morgan fingerprint density at radius 2 is 2.00 bits per heavy atom. The maximum absolute atomic E-state index is 11.8. The minimum Gasteiger partial charge on any atom is -0.384 e. The summed E-state index contributed by atoms with van der Waals surface area (Å²) in [6, 6.07) is 7.67. The van der Waals surface area contributed by atoms with Gasteiger partial charge >= 0.3 is 0 Å². The van der Waals surface area contributed by atoms with E-state index in [0.29, 0.717) is 5.06 Å². The van der Waals surface area contributed by atoms with E-state index in [0.717, 1.165) is 17.5 Å². The summed E-state index contributed by atoms with van der Waals surface area (Å²) in [6.07, 6.45) is 0.890. The molecule has 0 saturated carbocycles. The Morgan fingerprint density at radius 3 is 2.59 bits per heavy atom. The third kappa shape index (κ3) is 6.28. The number of nitrogens with one attached hydrogen (secondary N) is 1. The van der Waals surface area contributed by atoms with Crippen molar-refractivity contribution < 1.29 is 19.7 Å². The van der Waals surface area contributed by atoms with Crippen LogP contribution in [0, 0.1) is 0 Å². The number of rotatable bonds is 8. The van der Waals surface area contributed by atoms with Gasteiger partial charge in [-0.05, 0) is 30.9 Å². The molecule has 1 rings (SSSR count). The number of amides is 1. The summed E-state index contributed by atoms with van der Waals surface area (Å²) in [5, 5.41) is 22.8. The Kier molecular flexibility index (Phi) is 7.23. The van der Waals surface area contributed by atoms with Crippen LogP contribution in [0.2, 0.25) is 0 Å². The molecule has 1 unspecified atom stereocenters. The molecule has 0 aliphatic carbocycles. The Labute approximate surface area is 131 Å². The van der Waals surface area contributed by atoms with E-state index < -0.39 is 18.9 Å². The number of hydrogen-bond donors (Lipinski definition) is 3. The van der Waals surface area contributed by atoms with Crippen LogP contribution in [0.4, 0.5) is 0 Å². The molecule has 0 fully saturated rings. The van der Waals surface area contributed by atoms with Crippen LogP contribution in [0.25, 0.3) is 0 Å². The molecule has 3 N–H and O–H groups in total. The molecule has 0 heterocycles. The zero-order chi connectivity index (χ0) is 16.8. The third-order valence-electron chi connectivity index (χ3n) is 3.34. The van der Waals surface area contributed by atoms with Crippen molar-refractivity contribution in [1.29, 1.82) is 0 Å². The molecule has 6 nitrogen and oxygen atoms in total. The number of carbonyl (C=O) groups is 1. The number of hydrogen-bond acceptors (Lipinski definition) is 5. The summed E-state index contributed by atoms with van der Waals surface area (Å²) in [7, 11) is -2.60. The van der Waals surface area contributed by atoms with Gasteiger partial charge in [0, 0.05) is 6.54 Å². The van der Waals surface area contributed by atoms with Crippen LogP contribution in [0.3, 0.4) is 0 Å². The van der Waals surface area contributed by atoms with E-state index in [4.69, 9.17) is 0 Å². The molecule has 124 valence electrons. The summed E-state index contributed by atoms with van der Waals surface area (Å²) in [4.78, 5) is 11.8. The van der Waals surface area contributed by atoms with E-state index in [9.17, 15) is 19.7 Å². The number of carbonyl (C=O) groups excluding carboxylic acids is 1. The van der Waals surface area contributed by atoms with E-state index in [-0.39, 0.29) is 19.6 Å². The summed E-state index contributed by atoms with van der Waals surface area (Å²) in [5.74, 6) is -1.50. The molecule has 1 aromatic carbocycles. The average Bonchev–Trinajstić information content (AvgIpc) is 2.46. The smallest absolute Gasteiger partial charge is 0.260 e. The highest BCUT2D eigenvalue weighted by molar-refractivity contribution is 7.62. The average molecular weight is 328 g/mol. The first-order valence-electron chi connectivity index (χ1n) is 7.24. The molecule has 1 aromatic rings. The van der Waals surface area contributed by atoms with Gasteiger partial charge in [0.05, 0.1) is 13.1 Å². The summed E-state index contributed by atoms with van der Waals surface area (Å²) in [5.41, 5.74) is 1.99. The van der Waals surface area contributed by atoms with Crippen LogP contribution in [0.1, 0.15) is 18.1 Å². The SMILES string of the molecule is CCc1cccc(CN(O)C(=O)CNCC(O)P(C)(C)=O)c1. The van der Waals surface area contributed by atoms with Gasteiger partial charge in [-0.2, -0.15) is 0 Å². The second-order valence-corrected chi connectivity index (χ2v) is 9.14. The molecule has 0 aliphatic heterocycles. The quantitative estimate of drug-likeness (QED) is 0.382. The van der Waals surface area contributed by atoms with Gasteiger partial charge in [-0.15, -0.1) is 0 Å². The molecular formula is C15H25N2O4P. The zero-order valence-electron chi connectivity index (χ0n) is 13.3. The number of benzene rings is 1. The molecule has 7 heteroatoms. The minimum absolute atomic E-state index is 0.0508. The monoisotopic (exact) mass is 328 g/mol. The van der Waals surface area contributed by atoms with Crippen molar-refractivity contribution in [3.05, 3.63) is 35.4 Å². The maximum Gasteiger partial charge on any atom is 0.260 e. The first-order chi connectivity index (χ1) is 10.2. The van der Waals surface area contributed by atoms with Crippen LogP contribution >= 0.6 is 7.14 Å². The highest BCUT2D eigenvalue weighted by atomic mass is 31.2. The van der Waals surface area contributed by atoms with Crippen LogP contribution in [0.5, 0.6) is 0 Å². The zero-order valence-corrected chi connectivity index (χ0v) is 14.2. The fourth-order valence-corrected chi connectivity index (χ4v) is 2.40. The molecule has 0 bridgehead atoms. The summed E-state index contributed by atoms with van der Waals surface area (Å²) >= 11 is 0. The van der Waals surface area contributed by atoms with Crippen molar-refractivity contribution in [2.75, 3.05) is 26.4 Å². The lowest BCUT2D eigenvalue weighted by atomic mass is 10.1. The normalized spacial score (nSPS) is 13.0. The Hall–Kier alpha value is -1.20. The molecule has 0 aliphatic rings. The number of nitrogens with zero attached hydrogens (tertiary/aromatic N) is 1. The Bertz CT molecular complexity index is 544. The topological polar surface area (TPSA) is 89.9 Å². The predicted octanol–water partition coefficient (Wildman–Crippen LogP) is 1.50. The van der Waals surface area contributed by atoms with Gasteiger partial charge in [0.1, 0.15) is 13.0 Å². The van der Waals surface area contributed by atoms with Gasteiger partial charge in [0.2, 0.25) is 0 Å². The van der Waals surface area contributed by atoms with Crippen molar-refractivity contribution in [3.8, 4) is 0 Å². The van der Waals surface area contributed by atoms with Gasteiger partial charge in [0.25, 0.3) is 5.91 Å². The number of aliphatic hydroxyl groups is 1. The fraction of sp³-hybridized carbons (Fsp3) is 0.533. The Morgan fingerprint density at radius 1 is 1.36 bits per heavy atom. The van der Waals surface area contributed by atoms with Crippen LogP contribution < -0.4 is 5.32 Å². The van der Waals surface area contributed by atoms with E-state index in [2.05, 4.69) is 5.32 Å². The van der Waals surface area contributed by atoms with Crippen molar-refractivity contribution >= 4 is 13.0 Å². The summed E-state index contributed by atoms with van der Waals surface area (Å²) < 4.78 is 11.6. The van der Waals surface area contributed by atoms with E-state index >= 15 is 0 Å². The fourth-order valence-electron chi connectivity index (χ4n) is 1.83.